The second-order valence-corrected chi connectivity index (χ2v) is 5.42. The molecular weight excluding hydrogens is 294 g/mol. The number of aromatic nitrogens is 4. The van der Waals surface area contributed by atoms with Crippen LogP contribution in [0, 0.1) is 10.1 Å². The highest BCUT2D eigenvalue weighted by atomic mass is 32.2. The molecule has 106 valence electrons. The standard InChI is InChI=1S/C12H9N5O3S/c18-10-5-6-11(7-10)21-12-13-14-15-16(12)8-1-3-9(4-2-8)17(19)20/h1-4,7H,5-6H2. The van der Waals surface area contributed by atoms with Crippen molar-refractivity contribution in [2.24, 2.45) is 0 Å². The van der Waals surface area contributed by atoms with Crippen LogP contribution in [-0.4, -0.2) is 30.9 Å². The second kappa shape index (κ2) is 5.44. The molecule has 1 aliphatic rings. The minimum absolute atomic E-state index is 0.00475. The number of thioether (sulfide) groups is 1. The minimum atomic E-state index is -0.464. The fourth-order valence-electron chi connectivity index (χ4n) is 1.89. The van der Waals surface area contributed by atoms with Gasteiger partial charge in [-0.1, -0.05) is 11.8 Å². The van der Waals surface area contributed by atoms with Crippen LogP contribution >= 0.6 is 11.8 Å². The molecule has 0 amide bonds. The molecule has 1 heterocycles. The summed E-state index contributed by atoms with van der Waals surface area (Å²) in [5, 5.41) is 22.6. The molecule has 3 rings (SSSR count). The molecule has 0 spiro atoms. The van der Waals surface area contributed by atoms with Crippen molar-refractivity contribution in [3.05, 3.63) is 45.4 Å². The van der Waals surface area contributed by atoms with E-state index >= 15 is 0 Å². The molecule has 0 saturated carbocycles. The third-order valence-corrected chi connectivity index (χ3v) is 3.93. The molecule has 8 nitrogen and oxygen atoms in total. The van der Waals surface area contributed by atoms with Gasteiger partial charge in [-0.2, -0.15) is 4.68 Å². The highest BCUT2D eigenvalue weighted by molar-refractivity contribution is 8.03. The number of non-ortho nitro benzene ring substituents is 1. The van der Waals surface area contributed by atoms with Gasteiger partial charge in [0.05, 0.1) is 10.6 Å². The molecule has 0 aliphatic heterocycles. The Bertz CT molecular complexity index is 738. The normalized spacial score (nSPS) is 14.3. The summed E-state index contributed by atoms with van der Waals surface area (Å²) in [6.45, 7) is 0. The van der Waals surface area contributed by atoms with Gasteiger partial charge in [-0.25, -0.2) is 0 Å². The molecule has 0 unspecified atom stereocenters. The Morgan fingerprint density at radius 1 is 1.24 bits per heavy atom. The number of nitrogens with zero attached hydrogens (tertiary/aromatic N) is 5. The van der Waals surface area contributed by atoms with E-state index in [1.807, 2.05) is 0 Å². The summed E-state index contributed by atoms with van der Waals surface area (Å²) in [7, 11) is 0. The summed E-state index contributed by atoms with van der Waals surface area (Å²) < 4.78 is 1.48. The molecule has 0 fully saturated rings. The minimum Gasteiger partial charge on any atom is -0.295 e. The van der Waals surface area contributed by atoms with Crippen LogP contribution in [-0.2, 0) is 4.79 Å². The number of carbonyl (C=O) groups excluding carboxylic acids is 1. The Labute approximate surface area is 123 Å². The zero-order chi connectivity index (χ0) is 14.8. The highest BCUT2D eigenvalue weighted by Gasteiger charge is 2.17. The second-order valence-electron chi connectivity index (χ2n) is 4.33. The van der Waals surface area contributed by atoms with Gasteiger partial charge in [-0.3, -0.25) is 14.9 Å². The van der Waals surface area contributed by atoms with Crippen LogP contribution < -0.4 is 0 Å². The molecule has 2 aromatic rings. The lowest BCUT2D eigenvalue weighted by molar-refractivity contribution is -0.384. The van der Waals surface area contributed by atoms with Crippen LogP contribution in [0.15, 0.2) is 40.4 Å². The van der Waals surface area contributed by atoms with Gasteiger partial charge in [0.25, 0.3) is 5.69 Å². The number of rotatable bonds is 4. The zero-order valence-corrected chi connectivity index (χ0v) is 11.5. The predicted molar refractivity (Wildman–Crippen MR) is 74.0 cm³/mol. The molecule has 0 radical (unpaired) electrons. The third kappa shape index (κ3) is 2.82. The first-order chi connectivity index (χ1) is 10.1. The average molecular weight is 303 g/mol. The van der Waals surface area contributed by atoms with Gasteiger partial charge >= 0.3 is 0 Å². The highest BCUT2D eigenvalue weighted by Crippen LogP contribution is 2.32. The van der Waals surface area contributed by atoms with E-state index in [0.29, 0.717) is 23.7 Å². The van der Waals surface area contributed by atoms with Gasteiger partial charge in [0.1, 0.15) is 0 Å². The molecule has 0 atom stereocenters. The molecule has 1 aliphatic carbocycles. The van der Waals surface area contributed by atoms with Crippen LogP contribution in [0.2, 0.25) is 0 Å². The van der Waals surface area contributed by atoms with E-state index in [9.17, 15) is 14.9 Å². The van der Waals surface area contributed by atoms with Crippen LogP contribution in [0.5, 0.6) is 0 Å². The molecule has 9 heteroatoms. The van der Waals surface area contributed by atoms with Crippen molar-refractivity contribution in [3.8, 4) is 5.69 Å². The monoisotopic (exact) mass is 303 g/mol. The lowest BCUT2D eigenvalue weighted by Gasteiger charge is -2.04. The number of allylic oxidation sites excluding steroid dienone is 2. The van der Waals surface area contributed by atoms with Gasteiger partial charge < -0.3 is 0 Å². The Morgan fingerprint density at radius 2 is 2.00 bits per heavy atom. The predicted octanol–water partition coefficient (Wildman–Crippen LogP) is 1.91. The van der Waals surface area contributed by atoms with E-state index in [0.717, 1.165) is 4.91 Å². The van der Waals surface area contributed by atoms with Crippen molar-refractivity contribution in [3.63, 3.8) is 0 Å². The molecule has 21 heavy (non-hydrogen) atoms. The summed E-state index contributed by atoms with van der Waals surface area (Å²) in [5.41, 5.74) is 0.628. The quantitative estimate of drug-likeness (QED) is 0.627. The molecule has 0 saturated heterocycles. The summed E-state index contributed by atoms with van der Waals surface area (Å²) in [4.78, 5) is 22.3. The Hall–Kier alpha value is -2.55. The fraction of sp³-hybridized carbons (Fsp3) is 0.167. The van der Waals surface area contributed by atoms with E-state index < -0.39 is 4.92 Å². The van der Waals surface area contributed by atoms with Crippen molar-refractivity contribution in [1.82, 2.24) is 20.2 Å². The lowest BCUT2D eigenvalue weighted by atomic mass is 10.3. The number of hydrogen-bond acceptors (Lipinski definition) is 7. The Balaban J connectivity index is 1.86. The summed E-state index contributed by atoms with van der Waals surface area (Å²) in [6, 6.07) is 5.94. The molecule has 1 aromatic carbocycles. The Kier molecular flexibility index (Phi) is 3.48. The molecule has 0 bridgehead atoms. The number of benzene rings is 1. The third-order valence-electron chi connectivity index (χ3n) is 2.91. The first kappa shape index (κ1) is 13.4. The van der Waals surface area contributed by atoms with Crippen molar-refractivity contribution in [2.75, 3.05) is 0 Å². The Morgan fingerprint density at radius 3 is 2.62 bits per heavy atom. The number of nitro benzene ring substituents is 1. The maximum Gasteiger partial charge on any atom is 0.269 e. The van der Waals surface area contributed by atoms with Crippen molar-refractivity contribution in [1.29, 1.82) is 0 Å². The zero-order valence-electron chi connectivity index (χ0n) is 10.7. The molecular formula is C12H9N5O3S. The van der Waals surface area contributed by atoms with Gasteiger partial charge in [-0.05, 0) is 40.0 Å². The number of tetrazole rings is 1. The first-order valence-corrected chi connectivity index (χ1v) is 6.89. The van der Waals surface area contributed by atoms with Crippen molar-refractivity contribution in [2.45, 2.75) is 18.0 Å². The maximum atomic E-state index is 11.2. The van der Waals surface area contributed by atoms with Crippen LogP contribution in [0.3, 0.4) is 0 Å². The van der Waals surface area contributed by atoms with E-state index in [1.54, 1.807) is 18.2 Å². The summed E-state index contributed by atoms with van der Waals surface area (Å²) in [5.74, 6) is 0.104. The molecule has 1 aromatic heterocycles. The summed E-state index contributed by atoms with van der Waals surface area (Å²) >= 11 is 1.33. The van der Waals surface area contributed by atoms with Gasteiger partial charge in [-0.15, -0.1) is 5.10 Å². The number of carbonyl (C=O) groups is 1. The van der Waals surface area contributed by atoms with E-state index in [-0.39, 0.29) is 11.5 Å². The van der Waals surface area contributed by atoms with E-state index in [4.69, 9.17) is 0 Å². The smallest absolute Gasteiger partial charge is 0.269 e. The molecule has 0 N–H and O–H groups in total. The SMILES string of the molecule is O=C1C=C(Sc2nnnn2-c2ccc([N+](=O)[O-])cc2)CC1. The van der Waals surface area contributed by atoms with Crippen LogP contribution in [0.25, 0.3) is 5.69 Å². The van der Waals surface area contributed by atoms with E-state index in [2.05, 4.69) is 15.5 Å². The van der Waals surface area contributed by atoms with Crippen LogP contribution in [0.4, 0.5) is 5.69 Å². The largest absolute Gasteiger partial charge is 0.295 e. The van der Waals surface area contributed by atoms with Crippen molar-refractivity contribution >= 4 is 23.2 Å². The topological polar surface area (TPSA) is 104 Å². The van der Waals surface area contributed by atoms with Gasteiger partial charge in [0.15, 0.2) is 5.78 Å². The van der Waals surface area contributed by atoms with Crippen molar-refractivity contribution < 1.29 is 9.72 Å². The average Bonchev–Trinajstić information content (AvgIpc) is 3.09. The number of ketones is 1. The summed E-state index contributed by atoms with van der Waals surface area (Å²) in [6.07, 6.45) is 2.80. The van der Waals surface area contributed by atoms with Gasteiger partial charge in [0.2, 0.25) is 5.16 Å². The lowest BCUT2D eigenvalue weighted by Crippen LogP contribution is -1.99. The van der Waals surface area contributed by atoms with Gasteiger partial charge in [0, 0.05) is 18.6 Å². The van der Waals surface area contributed by atoms with Crippen LogP contribution in [0.1, 0.15) is 12.8 Å². The fourth-order valence-corrected chi connectivity index (χ4v) is 2.82. The maximum absolute atomic E-state index is 11.2. The number of nitro groups is 1. The first-order valence-electron chi connectivity index (χ1n) is 6.08. The number of hydrogen-bond donors (Lipinski definition) is 0. The van der Waals surface area contributed by atoms with E-state index in [1.165, 1.54) is 28.6 Å².